The molecule has 1 aromatic rings. The summed E-state index contributed by atoms with van der Waals surface area (Å²) in [6, 6.07) is 5.43. The largest absolute Gasteiger partial charge is 0.507 e. The quantitative estimate of drug-likeness (QED) is 0.331. The molecule has 1 aliphatic heterocycles. The molecular weight excluding hydrogens is 460 g/mol. The molecule has 6 nitrogen and oxygen atoms in total. The van der Waals surface area contributed by atoms with Crippen molar-refractivity contribution in [2.24, 2.45) is 9.98 Å². The second-order valence-electron chi connectivity index (χ2n) is 9.03. The van der Waals surface area contributed by atoms with E-state index in [0.29, 0.717) is 30.9 Å². The fourth-order valence-corrected chi connectivity index (χ4v) is 3.78. The third-order valence-corrected chi connectivity index (χ3v) is 5.70. The van der Waals surface area contributed by atoms with Crippen LogP contribution in [0.5, 0.6) is 5.75 Å². The number of unbranched alkanes of at least 4 members (excludes halogenated alkanes) is 1. The SMILES string of the molecule is CC.CCC.CCCCC(=O)N1CCN(C=NC(=NC2=CC(C)=CCC=C2)c2c(C)cccc2O)CC1. The molecule has 37 heavy (non-hydrogen) atoms. The number of rotatable bonds is 6. The van der Waals surface area contributed by atoms with Crippen molar-refractivity contribution in [3.8, 4) is 5.75 Å². The van der Waals surface area contributed by atoms with Gasteiger partial charge in [-0.1, -0.05) is 77.3 Å². The van der Waals surface area contributed by atoms with Gasteiger partial charge in [0, 0.05) is 32.6 Å². The average molecular weight is 509 g/mol. The van der Waals surface area contributed by atoms with E-state index in [1.807, 2.05) is 50.0 Å². The molecule has 0 spiro atoms. The van der Waals surface area contributed by atoms with Gasteiger partial charge in [0.1, 0.15) is 5.75 Å². The Balaban J connectivity index is 0.00000127. The summed E-state index contributed by atoms with van der Waals surface area (Å²) in [6.07, 6.45) is 14.7. The van der Waals surface area contributed by atoms with E-state index >= 15 is 0 Å². The highest BCUT2D eigenvalue weighted by Gasteiger charge is 2.19. The number of hydrogen-bond donors (Lipinski definition) is 1. The first-order valence-electron chi connectivity index (χ1n) is 13.9. The Morgan fingerprint density at radius 2 is 1.76 bits per heavy atom. The molecule has 3 rings (SSSR count). The third-order valence-electron chi connectivity index (χ3n) is 5.70. The number of aliphatic imine (C=N–C) groups is 2. The number of amidine groups is 1. The zero-order chi connectivity index (χ0) is 27.6. The number of aryl methyl sites for hydroxylation is 1. The summed E-state index contributed by atoms with van der Waals surface area (Å²) < 4.78 is 0. The van der Waals surface area contributed by atoms with Crippen molar-refractivity contribution in [1.82, 2.24) is 9.80 Å². The van der Waals surface area contributed by atoms with Crippen LogP contribution in [0, 0.1) is 6.92 Å². The molecule has 0 saturated carbocycles. The second-order valence-corrected chi connectivity index (χ2v) is 9.03. The maximum absolute atomic E-state index is 12.3. The van der Waals surface area contributed by atoms with Crippen LogP contribution in [0.1, 0.15) is 84.8 Å². The maximum atomic E-state index is 12.3. The Kier molecular flexibility index (Phi) is 15.6. The molecule has 1 saturated heterocycles. The molecule has 1 aliphatic carbocycles. The summed E-state index contributed by atoms with van der Waals surface area (Å²) in [5, 5.41) is 10.5. The van der Waals surface area contributed by atoms with Gasteiger partial charge in [0.05, 0.1) is 17.6 Å². The number of allylic oxidation sites excluding steroid dienone is 5. The summed E-state index contributed by atoms with van der Waals surface area (Å²) in [6.45, 7) is 17.2. The number of phenols is 1. The van der Waals surface area contributed by atoms with Crippen molar-refractivity contribution < 1.29 is 9.90 Å². The first-order valence-corrected chi connectivity index (χ1v) is 13.9. The minimum absolute atomic E-state index is 0.165. The lowest BCUT2D eigenvalue weighted by Gasteiger charge is -2.33. The summed E-state index contributed by atoms with van der Waals surface area (Å²) in [5.41, 5.74) is 3.50. The number of benzene rings is 1. The maximum Gasteiger partial charge on any atom is 0.222 e. The van der Waals surface area contributed by atoms with Crippen molar-refractivity contribution in [2.45, 2.75) is 80.6 Å². The van der Waals surface area contributed by atoms with Gasteiger partial charge in [-0.05, 0) is 50.5 Å². The molecule has 0 aromatic heterocycles. The van der Waals surface area contributed by atoms with E-state index in [0.717, 1.165) is 49.2 Å². The van der Waals surface area contributed by atoms with Crippen LogP contribution < -0.4 is 0 Å². The van der Waals surface area contributed by atoms with Gasteiger partial charge >= 0.3 is 0 Å². The molecule has 2 aliphatic rings. The second kappa shape index (κ2) is 18.1. The molecule has 6 heteroatoms. The van der Waals surface area contributed by atoms with Crippen molar-refractivity contribution in [3.05, 3.63) is 64.9 Å². The zero-order valence-electron chi connectivity index (χ0n) is 24.1. The highest BCUT2D eigenvalue weighted by Crippen LogP contribution is 2.24. The topological polar surface area (TPSA) is 68.5 Å². The van der Waals surface area contributed by atoms with Crippen LogP contribution >= 0.6 is 0 Å². The predicted octanol–water partition coefficient (Wildman–Crippen LogP) is 7.04. The van der Waals surface area contributed by atoms with Gasteiger partial charge < -0.3 is 14.9 Å². The number of carbonyl (C=O) groups is 1. The highest BCUT2D eigenvalue weighted by molar-refractivity contribution is 6.06. The van der Waals surface area contributed by atoms with Gasteiger partial charge in [-0.25, -0.2) is 9.98 Å². The number of piperazine rings is 1. The molecule has 204 valence electrons. The average Bonchev–Trinajstić information content (AvgIpc) is 3.11. The summed E-state index contributed by atoms with van der Waals surface area (Å²) in [5.74, 6) is 0.886. The number of phenolic OH excluding ortho intramolecular Hbond substituents is 1. The zero-order valence-corrected chi connectivity index (χ0v) is 24.1. The van der Waals surface area contributed by atoms with Gasteiger partial charge in [-0.2, -0.15) is 0 Å². The van der Waals surface area contributed by atoms with Gasteiger partial charge in [-0.3, -0.25) is 4.79 Å². The van der Waals surface area contributed by atoms with E-state index in [2.05, 4.69) is 44.7 Å². The van der Waals surface area contributed by atoms with Crippen molar-refractivity contribution in [2.75, 3.05) is 26.2 Å². The Morgan fingerprint density at radius 1 is 1.08 bits per heavy atom. The minimum atomic E-state index is 0.165. The van der Waals surface area contributed by atoms with E-state index in [4.69, 9.17) is 9.98 Å². The molecule has 0 unspecified atom stereocenters. The molecule has 1 aromatic carbocycles. The van der Waals surface area contributed by atoms with E-state index < -0.39 is 0 Å². The Hall–Kier alpha value is -3.15. The van der Waals surface area contributed by atoms with Crippen LogP contribution in [-0.2, 0) is 4.79 Å². The van der Waals surface area contributed by atoms with Gasteiger partial charge in [0.15, 0.2) is 5.84 Å². The number of hydrogen-bond acceptors (Lipinski definition) is 3. The smallest absolute Gasteiger partial charge is 0.222 e. The van der Waals surface area contributed by atoms with Crippen LogP contribution in [0.2, 0.25) is 0 Å². The first-order chi connectivity index (χ1) is 17.9. The number of carbonyl (C=O) groups excluding carboxylic acids is 1. The lowest BCUT2D eigenvalue weighted by molar-refractivity contribution is -0.132. The molecule has 1 fully saturated rings. The van der Waals surface area contributed by atoms with Crippen LogP contribution in [0.3, 0.4) is 0 Å². The van der Waals surface area contributed by atoms with Crippen LogP contribution in [0.4, 0.5) is 0 Å². The van der Waals surface area contributed by atoms with Crippen LogP contribution in [0.15, 0.2) is 63.8 Å². The number of aromatic hydroxyl groups is 1. The molecule has 0 radical (unpaired) electrons. The number of amides is 1. The van der Waals surface area contributed by atoms with Gasteiger partial charge in [0.2, 0.25) is 5.91 Å². The fourth-order valence-electron chi connectivity index (χ4n) is 3.78. The van der Waals surface area contributed by atoms with Crippen LogP contribution in [-0.4, -0.2) is 59.2 Å². The summed E-state index contributed by atoms with van der Waals surface area (Å²) in [4.78, 5) is 25.8. The standard InChI is InChI=1S/C26H34N4O2.C3H8.C2H6/c1-4-5-13-24(32)30-16-14-29(15-17-30)19-27-26(25-21(3)10-8-12-23(25)31)28-22-11-7-6-9-20(2)18-22;1-3-2;1-2/h7-12,18-19,31H,4-6,13-17H2,1-3H3;3H2,1-2H3;1-2H3. The lowest BCUT2D eigenvalue weighted by atomic mass is 10.1. The highest BCUT2D eigenvalue weighted by atomic mass is 16.3. The molecule has 0 atom stereocenters. The van der Waals surface area contributed by atoms with Crippen molar-refractivity contribution >= 4 is 18.1 Å². The van der Waals surface area contributed by atoms with Crippen molar-refractivity contribution in [1.29, 1.82) is 0 Å². The number of nitrogens with zero attached hydrogens (tertiary/aromatic N) is 4. The molecule has 1 N–H and O–H groups in total. The van der Waals surface area contributed by atoms with E-state index in [-0.39, 0.29) is 11.7 Å². The molecule has 0 bridgehead atoms. The molecule has 1 amide bonds. The lowest BCUT2D eigenvalue weighted by Crippen LogP contribution is -2.48. The molecule has 1 heterocycles. The Bertz CT molecular complexity index is 961. The van der Waals surface area contributed by atoms with E-state index in [1.54, 1.807) is 12.4 Å². The monoisotopic (exact) mass is 508 g/mol. The molecular formula is C31H48N4O2. The van der Waals surface area contributed by atoms with Crippen molar-refractivity contribution in [3.63, 3.8) is 0 Å². The van der Waals surface area contributed by atoms with Gasteiger partial charge in [-0.15, -0.1) is 0 Å². The summed E-state index contributed by atoms with van der Waals surface area (Å²) in [7, 11) is 0. The predicted molar refractivity (Wildman–Crippen MR) is 158 cm³/mol. The Labute approximate surface area is 225 Å². The van der Waals surface area contributed by atoms with Gasteiger partial charge in [0.25, 0.3) is 0 Å². The minimum Gasteiger partial charge on any atom is -0.507 e. The van der Waals surface area contributed by atoms with E-state index in [9.17, 15) is 9.90 Å². The third kappa shape index (κ3) is 11.2. The Morgan fingerprint density at radius 3 is 2.38 bits per heavy atom. The summed E-state index contributed by atoms with van der Waals surface area (Å²) >= 11 is 0. The fraction of sp³-hybridized carbons (Fsp3) is 0.516. The normalized spacial score (nSPS) is 15.7. The first kappa shape index (κ1) is 31.9. The van der Waals surface area contributed by atoms with Crippen LogP contribution in [0.25, 0.3) is 0 Å². The van der Waals surface area contributed by atoms with E-state index in [1.165, 1.54) is 6.42 Å².